The van der Waals surface area contributed by atoms with Gasteiger partial charge in [-0.05, 0) is 24.6 Å². The maximum absolute atomic E-state index is 13.9. The number of rotatable bonds is 3. The lowest BCUT2D eigenvalue weighted by molar-refractivity contribution is 0.0996. The first-order valence-electron chi connectivity index (χ1n) is 7.05. The molecule has 3 rings (SSSR count). The number of halogens is 1. The third-order valence-electron chi connectivity index (χ3n) is 3.83. The number of aromatic nitrogens is 4. The third-order valence-corrected chi connectivity index (χ3v) is 3.83. The molecular formula is C15H15FN6O2. The Hall–Kier alpha value is -3.23. The number of primary amides is 1. The molecule has 3 aromatic rings. The van der Waals surface area contributed by atoms with Gasteiger partial charge >= 0.3 is 5.69 Å². The fraction of sp³-hybridized carbons (Fsp3) is 0.200. The van der Waals surface area contributed by atoms with Crippen molar-refractivity contribution in [1.29, 1.82) is 0 Å². The predicted molar refractivity (Wildman–Crippen MR) is 86.7 cm³/mol. The van der Waals surface area contributed by atoms with Crippen LogP contribution in [0.4, 0.5) is 16.0 Å². The minimum atomic E-state index is -0.834. The molecule has 0 atom stereocenters. The molecule has 0 fully saturated rings. The van der Waals surface area contributed by atoms with Crippen LogP contribution >= 0.6 is 0 Å². The van der Waals surface area contributed by atoms with Crippen LogP contribution in [0.5, 0.6) is 0 Å². The van der Waals surface area contributed by atoms with Crippen LogP contribution < -0.4 is 16.7 Å². The normalized spacial score (nSPS) is 11.0. The molecule has 124 valence electrons. The molecule has 1 amide bonds. The van der Waals surface area contributed by atoms with Crippen molar-refractivity contribution in [2.45, 2.75) is 6.92 Å². The lowest BCUT2D eigenvalue weighted by Gasteiger charge is -2.10. The van der Waals surface area contributed by atoms with Gasteiger partial charge in [-0.2, -0.15) is 4.98 Å². The van der Waals surface area contributed by atoms with Crippen molar-refractivity contribution < 1.29 is 9.18 Å². The number of aryl methyl sites for hydroxylation is 3. The molecule has 0 aliphatic carbocycles. The zero-order valence-corrected chi connectivity index (χ0v) is 13.3. The number of hydrogen-bond donors (Lipinski definition) is 2. The summed E-state index contributed by atoms with van der Waals surface area (Å²) in [4.78, 5) is 31.5. The van der Waals surface area contributed by atoms with Gasteiger partial charge in [0, 0.05) is 19.8 Å². The average Bonchev–Trinajstić information content (AvgIpc) is 2.75. The number of nitrogens with two attached hydrogens (primary N) is 1. The van der Waals surface area contributed by atoms with E-state index in [0.29, 0.717) is 22.4 Å². The van der Waals surface area contributed by atoms with E-state index in [-0.39, 0.29) is 17.2 Å². The van der Waals surface area contributed by atoms with Crippen LogP contribution in [0.25, 0.3) is 11.2 Å². The summed E-state index contributed by atoms with van der Waals surface area (Å²) < 4.78 is 16.8. The summed E-state index contributed by atoms with van der Waals surface area (Å²) in [6.07, 6.45) is 1.51. The molecule has 0 bridgehead atoms. The summed E-state index contributed by atoms with van der Waals surface area (Å²) in [5.74, 6) is -1.36. The summed E-state index contributed by atoms with van der Waals surface area (Å²) >= 11 is 0. The molecule has 0 saturated heterocycles. The molecule has 24 heavy (non-hydrogen) atoms. The first-order chi connectivity index (χ1) is 11.3. The molecule has 0 spiro atoms. The molecule has 0 radical (unpaired) electrons. The molecule has 8 nitrogen and oxygen atoms in total. The van der Waals surface area contributed by atoms with E-state index in [1.165, 1.54) is 21.4 Å². The van der Waals surface area contributed by atoms with Crippen molar-refractivity contribution in [2.75, 3.05) is 5.32 Å². The second kappa shape index (κ2) is 5.44. The maximum Gasteiger partial charge on any atom is 0.329 e. The van der Waals surface area contributed by atoms with Gasteiger partial charge in [-0.15, -0.1) is 0 Å². The highest BCUT2D eigenvalue weighted by Gasteiger charge is 2.14. The third kappa shape index (κ3) is 2.39. The number of anilines is 2. The number of nitrogens with zero attached hydrogens (tertiary/aromatic N) is 4. The Bertz CT molecular complexity index is 1040. The van der Waals surface area contributed by atoms with Gasteiger partial charge in [0.25, 0.3) is 5.91 Å². The number of nitrogens with one attached hydrogen (secondary N) is 1. The van der Waals surface area contributed by atoms with Gasteiger partial charge in [0.1, 0.15) is 11.3 Å². The minimum absolute atomic E-state index is 0.181. The van der Waals surface area contributed by atoms with E-state index in [9.17, 15) is 14.0 Å². The van der Waals surface area contributed by atoms with Gasteiger partial charge in [-0.25, -0.2) is 14.2 Å². The number of benzene rings is 1. The number of hydrogen-bond acceptors (Lipinski definition) is 5. The summed E-state index contributed by atoms with van der Waals surface area (Å²) in [6.45, 7) is 1.70. The highest BCUT2D eigenvalue weighted by molar-refractivity contribution is 5.94. The molecule has 0 aliphatic rings. The van der Waals surface area contributed by atoms with Crippen LogP contribution in [0.1, 0.15) is 15.9 Å². The van der Waals surface area contributed by atoms with E-state index >= 15 is 0 Å². The molecule has 0 unspecified atom stereocenters. The minimum Gasteiger partial charge on any atom is -0.366 e. The monoisotopic (exact) mass is 330 g/mol. The Labute approximate surface area is 135 Å². The zero-order valence-electron chi connectivity index (χ0n) is 13.3. The highest BCUT2D eigenvalue weighted by atomic mass is 19.1. The van der Waals surface area contributed by atoms with Gasteiger partial charge in [0.2, 0.25) is 5.95 Å². The Morgan fingerprint density at radius 3 is 2.67 bits per heavy atom. The van der Waals surface area contributed by atoms with Gasteiger partial charge in [-0.1, -0.05) is 0 Å². The van der Waals surface area contributed by atoms with Crippen LogP contribution in [0.15, 0.2) is 23.1 Å². The Balaban J connectivity index is 2.04. The Morgan fingerprint density at radius 1 is 1.29 bits per heavy atom. The Kier molecular flexibility index (Phi) is 3.55. The molecule has 3 N–H and O–H groups in total. The van der Waals surface area contributed by atoms with Crippen molar-refractivity contribution in [3.8, 4) is 0 Å². The number of fused-ring (bicyclic) bond motifs is 1. The number of amides is 1. The first-order valence-corrected chi connectivity index (χ1v) is 7.05. The Morgan fingerprint density at radius 2 is 2.00 bits per heavy atom. The molecular weight excluding hydrogens is 315 g/mol. The van der Waals surface area contributed by atoms with E-state index in [4.69, 9.17) is 5.73 Å². The summed E-state index contributed by atoms with van der Waals surface area (Å²) in [5.41, 5.74) is 6.77. The average molecular weight is 330 g/mol. The van der Waals surface area contributed by atoms with Gasteiger partial charge in [-0.3, -0.25) is 13.9 Å². The lowest BCUT2D eigenvalue weighted by atomic mass is 10.1. The maximum atomic E-state index is 13.9. The van der Waals surface area contributed by atoms with Crippen molar-refractivity contribution in [3.63, 3.8) is 0 Å². The standard InChI is InChI=1S/C15H15FN6O2/c1-7-4-8(12(17)23)9(16)5-10(7)19-14-18-6-11-13(20-14)22(3)15(24)21(11)2/h4-6H,1-3H3,(H2,17,23)(H,18,19,20). The van der Waals surface area contributed by atoms with Crippen LogP contribution in [0.2, 0.25) is 0 Å². The van der Waals surface area contributed by atoms with Crippen molar-refractivity contribution in [3.05, 3.63) is 45.8 Å². The zero-order chi connectivity index (χ0) is 17.6. The molecule has 9 heteroatoms. The second-order valence-electron chi connectivity index (χ2n) is 5.44. The summed E-state index contributed by atoms with van der Waals surface area (Å²) in [7, 11) is 3.23. The summed E-state index contributed by atoms with van der Waals surface area (Å²) in [5, 5.41) is 2.89. The van der Waals surface area contributed by atoms with E-state index in [1.807, 2.05) is 0 Å². The van der Waals surface area contributed by atoms with Gasteiger partial charge in [0.05, 0.1) is 11.8 Å². The van der Waals surface area contributed by atoms with Crippen molar-refractivity contribution in [2.24, 2.45) is 19.8 Å². The van der Waals surface area contributed by atoms with E-state index in [0.717, 1.165) is 6.07 Å². The van der Waals surface area contributed by atoms with Gasteiger partial charge < -0.3 is 11.1 Å². The molecule has 0 aliphatic heterocycles. The van der Waals surface area contributed by atoms with E-state index in [1.54, 1.807) is 21.0 Å². The number of carbonyl (C=O) groups is 1. The van der Waals surface area contributed by atoms with Crippen molar-refractivity contribution >= 4 is 28.7 Å². The lowest BCUT2D eigenvalue weighted by Crippen LogP contribution is -2.19. The number of imidazole rings is 1. The largest absolute Gasteiger partial charge is 0.366 e. The van der Waals surface area contributed by atoms with Crippen LogP contribution in [-0.4, -0.2) is 25.0 Å². The van der Waals surface area contributed by atoms with Gasteiger partial charge in [0.15, 0.2) is 5.65 Å². The SMILES string of the molecule is Cc1cc(C(N)=O)c(F)cc1Nc1ncc2c(n1)n(C)c(=O)n2C. The van der Waals surface area contributed by atoms with Crippen LogP contribution in [-0.2, 0) is 14.1 Å². The topological polar surface area (TPSA) is 108 Å². The first kappa shape index (κ1) is 15.7. The molecule has 0 saturated carbocycles. The van der Waals surface area contributed by atoms with Crippen LogP contribution in [0.3, 0.4) is 0 Å². The van der Waals surface area contributed by atoms with E-state index in [2.05, 4.69) is 15.3 Å². The fourth-order valence-corrected chi connectivity index (χ4v) is 2.45. The molecule has 1 aromatic carbocycles. The molecule has 2 aromatic heterocycles. The number of carbonyl (C=O) groups excluding carboxylic acids is 1. The predicted octanol–water partition coefficient (Wildman–Crippen LogP) is 0.957. The highest BCUT2D eigenvalue weighted by Crippen LogP contribution is 2.23. The second-order valence-corrected chi connectivity index (χ2v) is 5.44. The quantitative estimate of drug-likeness (QED) is 0.743. The van der Waals surface area contributed by atoms with Crippen molar-refractivity contribution in [1.82, 2.24) is 19.1 Å². The van der Waals surface area contributed by atoms with Crippen LogP contribution in [0, 0.1) is 12.7 Å². The fourth-order valence-electron chi connectivity index (χ4n) is 2.45. The smallest absolute Gasteiger partial charge is 0.329 e. The molecule has 2 heterocycles. The van der Waals surface area contributed by atoms with E-state index < -0.39 is 11.7 Å². The summed E-state index contributed by atoms with van der Waals surface area (Å²) in [6, 6.07) is 2.52.